The van der Waals surface area contributed by atoms with Crippen molar-refractivity contribution < 1.29 is 14.3 Å². The summed E-state index contributed by atoms with van der Waals surface area (Å²) in [5.74, 6) is 0.208. The molecule has 1 saturated heterocycles. The van der Waals surface area contributed by atoms with Crippen LogP contribution in [0.15, 0.2) is 24.3 Å². The van der Waals surface area contributed by atoms with Crippen LogP contribution in [0.1, 0.15) is 49.7 Å². The number of rotatable bonds is 2. The van der Waals surface area contributed by atoms with Crippen molar-refractivity contribution >= 4 is 11.9 Å². The Morgan fingerprint density at radius 3 is 1.62 bits per heavy atom. The van der Waals surface area contributed by atoms with Gasteiger partial charge in [0.25, 0.3) is 0 Å². The van der Waals surface area contributed by atoms with Gasteiger partial charge < -0.3 is 4.74 Å². The number of benzene rings is 1. The molecule has 3 aliphatic carbocycles. The van der Waals surface area contributed by atoms with Gasteiger partial charge in [0, 0.05) is 11.8 Å². The lowest BCUT2D eigenvalue weighted by Gasteiger charge is -2.53. The monoisotopic (exact) mass is 284 g/mol. The molecule has 0 N–H and O–H groups in total. The summed E-state index contributed by atoms with van der Waals surface area (Å²) in [6.45, 7) is 4.40. The molecule has 0 spiro atoms. The first kappa shape index (κ1) is 13.1. The van der Waals surface area contributed by atoms with Crippen LogP contribution < -0.4 is 0 Å². The van der Waals surface area contributed by atoms with Crippen molar-refractivity contribution in [3.63, 3.8) is 0 Å². The molecular weight excluding hydrogens is 264 g/mol. The Morgan fingerprint density at radius 2 is 1.24 bits per heavy atom. The maximum Gasteiger partial charge on any atom is 0.318 e. The first-order valence-electron chi connectivity index (χ1n) is 8.03. The zero-order valence-corrected chi connectivity index (χ0v) is 12.4. The topological polar surface area (TPSA) is 43.4 Å². The highest BCUT2D eigenvalue weighted by atomic mass is 16.6. The van der Waals surface area contributed by atoms with Crippen LogP contribution in [0.5, 0.6) is 0 Å². The highest BCUT2D eigenvalue weighted by Gasteiger charge is 2.63. The summed E-state index contributed by atoms with van der Waals surface area (Å²) in [7, 11) is 0. The van der Waals surface area contributed by atoms with E-state index in [2.05, 4.69) is 26.0 Å². The third-order valence-electron chi connectivity index (χ3n) is 6.04. The summed E-state index contributed by atoms with van der Waals surface area (Å²) < 4.78 is 5.03. The largest absolute Gasteiger partial charge is 0.393 e. The second kappa shape index (κ2) is 4.43. The van der Waals surface area contributed by atoms with Gasteiger partial charge in [0.05, 0.1) is 11.8 Å². The van der Waals surface area contributed by atoms with Gasteiger partial charge >= 0.3 is 11.9 Å². The molecule has 3 nitrogen and oxygen atoms in total. The SMILES string of the molecule is CC[C@@H]1[C@@H](CC)[C@@H]2c3ccccc3[C@@H]1[C@H]1C(=O)OC(=O)[C@@H]12. The summed E-state index contributed by atoms with van der Waals surface area (Å²) in [6.07, 6.45) is 2.11. The molecule has 3 heteroatoms. The molecule has 0 unspecified atom stereocenters. The molecule has 1 aromatic carbocycles. The lowest BCUT2D eigenvalue weighted by atomic mass is 9.48. The van der Waals surface area contributed by atoms with Gasteiger partial charge in [-0.2, -0.15) is 0 Å². The third-order valence-corrected chi connectivity index (χ3v) is 6.04. The van der Waals surface area contributed by atoms with E-state index in [0.717, 1.165) is 12.8 Å². The standard InChI is InChI=1S/C18H20O3/c1-3-9-10(4-2)14-12-8-6-5-7-11(12)13(9)15-16(14)18(20)21-17(15)19/h5-10,13-16H,3-4H2,1-2H3/t9-,10-,13-,14-,15-,16-/m1/s1. The summed E-state index contributed by atoms with van der Waals surface area (Å²) in [5.41, 5.74) is 2.57. The van der Waals surface area contributed by atoms with Crippen LogP contribution in [0.3, 0.4) is 0 Å². The van der Waals surface area contributed by atoms with E-state index in [1.54, 1.807) is 0 Å². The molecule has 6 atom stereocenters. The second-order valence-corrected chi connectivity index (χ2v) is 6.62. The van der Waals surface area contributed by atoms with Gasteiger partial charge in [-0.25, -0.2) is 0 Å². The van der Waals surface area contributed by atoms with Crippen LogP contribution in [0, 0.1) is 23.7 Å². The van der Waals surface area contributed by atoms with Gasteiger partial charge in [-0.1, -0.05) is 51.0 Å². The molecule has 110 valence electrons. The molecule has 4 aliphatic rings. The van der Waals surface area contributed by atoms with Crippen molar-refractivity contribution in [3.05, 3.63) is 35.4 Å². The van der Waals surface area contributed by atoms with E-state index in [9.17, 15) is 9.59 Å². The van der Waals surface area contributed by atoms with E-state index in [4.69, 9.17) is 4.74 Å². The lowest BCUT2D eigenvalue weighted by molar-refractivity contribution is -0.153. The van der Waals surface area contributed by atoms with Crippen LogP contribution in [0.2, 0.25) is 0 Å². The van der Waals surface area contributed by atoms with E-state index < -0.39 is 0 Å². The number of carbonyl (C=O) groups excluding carboxylic acids is 2. The van der Waals surface area contributed by atoms with Crippen LogP contribution in [-0.2, 0) is 14.3 Å². The molecule has 1 aromatic rings. The number of cyclic esters (lactones) is 2. The highest BCUT2D eigenvalue weighted by molar-refractivity contribution is 5.98. The normalized spacial score (nSPS) is 39.9. The fourth-order valence-corrected chi connectivity index (χ4v) is 5.41. The number of esters is 2. The molecule has 0 amide bonds. The Labute approximate surface area is 124 Å². The molecule has 1 aliphatic heterocycles. The van der Waals surface area contributed by atoms with Crippen LogP contribution in [0.4, 0.5) is 0 Å². The van der Waals surface area contributed by atoms with Crippen LogP contribution in [0.25, 0.3) is 0 Å². The summed E-state index contributed by atoms with van der Waals surface area (Å²) in [4.78, 5) is 24.5. The second-order valence-electron chi connectivity index (χ2n) is 6.62. The molecule has 1 heterocycles. The predicted molar refractivity (Wildman–Crippen MR) is 77.6 cm³/mol. The third kappa shape index (κ3) is 1.49. The summed E-state index contributed by atoms with van der Waals surface area (Å²) >= 11 is 0. The Morgan fingerprint density at radius 1 is 0.810 bits per heavy atom. The van der Waals surface area contributed by atoms with Gasteiger partial charge in [-0.05, 0) is 23.0 Å². The minimum absolute atomic E-state index is 0.157. The van der Waals surface area contributed by atoms with Gasteiger partial charge in [-0.15, -0.1) is 0 Å². The van der Waals surface area contributed by atoms with Gasteiger partial charge in [0.15, 0.2) is 0 Å². The Balaban J connectivity index is 1.95. The van der Waals surface area contributed by atoms with E-state index in [1.807, 2.05) is 12.1 Å². The van der Waals surface area contributed by atoms with Crippen molar-refractivity contribution in [2.75, 3.05) is 0 Å². The minimum Gasteiger partial charge on any atom is -0.393 e. The van der Waals surface area contributed by atoms with Crippen molar-refractivity contribution in [2.45, 2.75) is 38.5 Å². The molecule has 0 aromatic heterocycles. The average molecular weight is 284 g/mol. The molecule has 0 radical (unpaired) electrons. The number of fused-ring (bicyclic) bond motifs is 1. The summed E-state index contributed by atoms with van der Waals surface area (Å²) in [6, 6.07) is 8.39. The number of ether oxygens (including phenoxy) is 1. The first-order chi connectivity index (χ1) is 10.2. The molecule has 1 saturated carbocycles. The molecule has 2 bridgehead atoms. The number of carbonyl (C=O) groups is 2. The molecule has 21 heavy (non-hydrogen) atoms. The predicted octanol–water partition coefficient (Wildman–Crippen LogP) is 3.25. The average Bonchev–Trinajstić information content (AvgIpc) is 2.82. The van der Waals surface area contributed by atoms with E-state index >= 15 is 0 Å². The summed E-state index contributed by atoms with van der Waals surface area (Å²) in [5, 5.41) is 0. The molecule has 2 fully saturated rings. The fraction of sp³-hybridized carbons (Fsp3) is 0.556. The van der Waals surface area contributed by atoms with E-state index in [0.29, 0.717) is 11.8 Å². The van der Waals surface area contributed by atoms with Crippen molar-refractivity contribution in [1.82, 2.24) is 0 Å². The Kier molecular flexibility index (Phi) is 2.75. The quantitative estimate of drug-likeness (QED) is 0.618. The van der Waals surface area contributed by atoms with E-state index in [1.165, 1.54) is 11.1 Å². The maximum absolute atomic E-state index is 12.2. The Hall–Kier alpha value is -1.64. The lowest BCUT2D eigenvalue weighted by Crippen LogP contribution is -2.49. The van der Waals surface area contributed by atoms with Crippen LogP contribution >= 0.6 is 0 Å². The first-order valence-corrected chi connectivity index (χ1v) is 8.03. The fourth-order valence-electron chi connectivity index (χ4n) is 5.41. The zero-order valence-electron chi connectivity index (χ0n) is 12.4. The van der Waals surface area contributed by atoms with E-state index in [-0.39, 0.29) is 35.6 Å². The molecular formula is C18H20O3. The van der Waals surface area contributed by atoms with Crippen molar-refractivity contribution in [1.29, 1.82) is 0 Å². The number of hydrogen-bond acceptors (Lipinski definition) is 3. The molecule has 5 rings (SSSR count). The highest BCUT2D eigenvalue weighted by Crippen LogP contribution is 2.64. The van der Waals surface area contributed by atoms with Crippen LogP contribution in [-0.4, -0.2) is 11.9 Å². The van der Waals surface area contributed by atoms with Crippen molar-refractivity contribution in [2.24, 2.45) is 23.7 Å². The zero-order chi connectivity index (χ0) is 14.7. The van der Waals surface area contributed by atoms with Gasteiger partial charge in [-0.3, -0.25) is 9.59 Å². The Bertz CT molecular complexity index is 568. The smallest absolute Gasteiger partial charge is 0.318 e. The van der Waals surface area contributed by atoms with Gasteiger partial charge in [0.1, 0.15) is 0 Å². The van der Waals surface area contributed by atoms with Crippen molar-refractivity contribution in [3.8, 4) is 0 Å². The minimum atomic E-state index is -0.289. The van der Waals surface area contributed by atoms with Gasteiger partial charge in [0.2, 0.25) is 0 Å². The maximum atomic E-state index is 12.2. The number of hydrogen-bond donors (Lipinski definition) is 0.